The highest BCUT2D eigenvalue weighted by Crippen LogP contribution is 2.24. The van der Waals surface area contributed by atoms with Crippen LogP contribution < -0.4 is 10.6 Å². The minimum atomic E-state index is -1.11. The Hall–Kier alpha value is -2.63. The Bertz CT molecular complexity index is 646. The molecule has 0 saturated carbocycles. The highest BCUT2D eigenvalue weighted by Gasteiger charge is 2.15. The lowest BCUT2D eigenvalue weighted by Crippen LogP contribution is -2.20. The van der Waals surface area contributed by atoms with Gasteiger partial charge in [0.1, 0.15) is 5.82 Å². The molecule has 1 heterocycles. The highest BCUT2D eigenvalue weighted by atomic mass is 19.1. The molecule has 1 aromatic heterocycles. The zero-order chi connectivity index (χ0) is 14.7. The van der Waals surface area contributed by atoms with Crippen LogP contribution in [0.25, 0.3) is 0 Å². The molecule has 0 aliphatic heterocycles. The van der Waals surface area contributed by atoms with Crippen molar-refractivity contribution >= 4 is 17.5 Å². The molecule has 0 amide bonds. The number of carbonyl (C=O) groups is 1. The number of halogens is 1. The Morgan fingerprint density at radius 2 is 2.20 bits per heavy atom. The largest absolute Gasteiger partial charge is 0.478 e. The summed E-state index contributed by atoms with van der Waals surface area (Å²) in [5.74, 6) is -1.07. The van der Waals surface area contributed by atoms with Crippen molar-refractivity contribution in [2.75, 3.05) is 17.7 Å². The summed E-state index contributed by atoms with van der Waals surface area (Å²) in [4.78, 5) is 16.8. The number of nitrogens with two attached hydrogens (primary N) is 1. The van der Waals surface area contributed by atoms with Gasteiger partial charge in [-0.2, -0.15) is 0 Å². The molecule has 2 aromatic rings. The maximum atomic E-state index is 13.1. The summed E-state index contributed by atoms with van der Waals surface area (Å²) < 4.78 is 13.1. The smallest absolute Gasteiger partial charge is 0.337 e. The standard InChI is InChI=1S/C14H14FN3O2/c1-18(8-9-3-2-4-10(15)7-9)13-12(16)11(14(19)20)5-6-17-13/h2-7H,8,16H2,1H3,(H,19,20). The fraction of sp³-hybridized carbons (Fsp3) is 0.143. The van der Waals surface area contributed by atoms with Gasteiger partial charge in [0.05, 0.1) is 11.3 Å². The van der Waals surface area contributed by atoms with Gasteiger partial charge in [-0.25, -0.2) is 14.2 Å². The molecule has 3 N–H and O–H groups in total. The number of rotatable bonds is 4. The number of carboxylic acids is 1. The van der Waals surface area contributed by atoms with Gasteiger partial charge in [-0.1, -0.05) is 12.1 Å². The summed E-state index contributed by atoms with van der Waals surface area (Å²) in [6.07, 6.45) is 1.39. The van der Waals surface area contributed by atoms with Crippen molar-refractivity contribution in [3.63, 3.8) is 0 Å². The first-order valence-corrected chi connectivity index (χ1v) is 5.92. The number of nitrogens with zero attached hydrogens (tertiary/aromatic N) is 2. The van der Waals surface area contributed by atoms with Crippen LogP contribution in [0.2, 0.25) is 0 Å². The fourth-order valence-corrected chi connectivity index (χ4v) is 1.94. The van der Waals surface area contributed by atoms with Crippen LogP contribution >= 0.6 is 0 Å². The molecule has 0 fully saturated rings. The third-order valence-corrected chi connectivity index (χ3v) is 2.87. The van der Waals surface area contributed by atoms with E-state index >= 15 is 0 Å². The van der Waals surface area contributed by atoms with E-state index in [0.717, 1.165) is 5.56 Å². The first-order chi connectivity index (χ1) is 9.49. The molecule has 2 rings (SSSR count). The second-order valence-corrected chi connectivity index (χ2v) is 4.39. The Kier molecular flexibility index (Phi) is 3.84. The number of hydrogen-bond acceptors (Lipinski definition) is 4. The lowest BCUT2D eigenvalue weighted by Gasteiger charge is -2.20. The molecule has 0 unspecified atom stereocenters. The van der Waals surface area contributed by atoms with Gasteiger partial charge in [-0.05, 0) is 23.8 Å². The number of anilines is 2. The second-order valence-electron chi connectivity index (χ2n) is 4.39. The molecule has 5 nitrogen and oxygen atoms in total. The maximum Gasteiger partial charge on any atom is 0.337 e. The topological polar surface area (TPSA) is 79.5 Å². The van der Waals surface area contributed by atoms with Crippen LogP contribution in [0.3, 0.4) is 0 Å². The van der Waals surface area contributed by atoms with Crippen molar-refractivity contribution in [2.24, 2.45) is 0 Å². The van der Waals surface area contributed by atoms with Gasteiger partial charge in [-0.3, -0.25) is 0 Å². The molecule has 0 atom stereocenters. The minimum Gasteiger partial charge on any atom is -0.478 e. The first kappa shape index (κ1) is 13.8. The molecule has 0 aliphatic carbocycles. The molecular formula is C14H14FN3O2. The van der Waals surface area contributed by atoms with Crippen molar-refractivity contribution in [1.82, 2.24) is 4.98 Å². The second kappa shape index (κ2) is 5.56. The van der Waals surface area contributed by atoms with Gasteiger partial charge in [0.25, 0.3) is 0 Å². The molecule has 0 saturated heterocycles. The van der Waals surface area contributed by atoms with E-state index in [1.165, 1.54) is 24.4 Å². The summed E-state index contributed by atoms with van der Waals surface area (Å²) in [6.45, 7) is 0.373. The van der Waals surface area contributed by atoms with E-state index in [1.807, 2.05) is 0 Å². The third-order valence-electron chi connectivity index (χ3n) is 2.87. The van der Waals surface area contributed by atoms with Gasteiger partial charge in [-0.15, -0.1) is 0 Å². The normalized spacial score (nSPS) is 10.3. The summed E-state index contributed by atoms with van der Waals surface area (Å²) in [5.41, 5.74) is 6.65. The molecule has 0 radical (unpaired) electrons. The summed E-state index contributed by atoms with van der Waals surface area (Å²) in [5, 5.41) is 9.02. The van der Waals surface area contributed by atoms with Crippen LogP contribution in [0.15, 0.2) is 36.5 Å². The lowest BCUT2D eigenvalue weighted by molar-refractivity contribution is 0.0698. The summed E-state index contributed by atoms with van der Waals surface area (Å²) in [7, 11) is 1.72. The van der Waals surface area contributed by atoms with Crippen molar-refractivity contribution in [3.8, 4) is 0 Å². The van der Waals surface area contributed by atoms with Crippen molar-refractivity contribution in [1.29, 1.82) is 0 Å². The molecule has 104 valence electrons. The molecule has 0 bridgehead atoms. The van der Waals surface area contributed by atoms with Gasteiger partial charge >= 0.3 is 5.97 Å². The van der Waals surface area contributed by atoms with Crippen LogP contribution in [0.1, 0.15) is 15.9 Å². The van der Waals surface area contributed by atoms with Crippen LogP contribution in [0, 0.1) is 5.82 Å². The summed E-state index contributed by atoms with van der Waals surface area (Å²) in [6, 6.07) is 7.51. The van der Waals surface area contributed by atoms with Crippen LogP contribution in [-0.4, -0.2) is 23.1 Å². The SMILES string of the molecule is CN(Cc1cccc(F)c1)c1nccc(C(=O)O)c1N. The quantitative estimate of drug-likeness (QED) is 0.893. The molecule has 0 aliphatic rings. The average molecular weight is 275 g/mol. The van der Waals surface area contributed by atoms with E-state index in [9.17, 15) is 9.18 Å². The number of pyridine rings is 1. The van der Waals surface area contributed by atoms with Crippen molar-refractivity contribution < 1.29 is 14.3 Å². The highest BCUT2D eigenvalue weighted by molar-refractivity contribution is 5.96. The maximum absolute atomic E-state index is 13.1. The third kappa shape index (κ3) is 2.85. The lowest BCUT2D eigenvalue weighted by atomic mass is 10.2. The number of nitrogen functional groups attached to an aromatic ring is 1. The number of benzene rings is 1. The molecular weight excluding hydrogens is 261 g/mol. The summed E-state index contributed by atoms with van der Waals surface area (Å²) >= 11 is 0. The van der Waals surface area contributed by atoms with E-state index < -0.39 is 5.97 Å². The Morgan fingerprint density at radius 1 is 1.45 bits per heavy atom. The van der Waals surface area contributed by atoms with Gasteiger partial charge in [0, 0.05) is 19.8 Å². The monoisotopic (exact) mass is 275 g/mol. The molecule has 0 spiro atoms. The zero-order valence-electron chi connectivity index (χ0n) is 10.9. The number of hydrogen-bond donors (Lipinski definition) is 2. The van der Waals surface area contributed by atoms with E-state index in [4.69, 9.17) is 10.8 Å². The predicted octanol–water partition coefficient (Wildman–Crippen LogP) is 2.14. The Morgan fingerprint density at radius 3 is 2.85 bits per heavy atom. The number of aromatic nitrogens is 1. The van der Waals surface area contributed by atoms with Crippen LogP contribution in [0.4, 0.5) is 15.9 Å². The van der Waals surface area contributed by atoms with Gasteiger partial charge in [0.15, 0.2) is 5.82 Å². The minimum absolute atomic E-state index is 0.00101. The Labute approximate surface area is 115 Å². The zero-order valence-corrected chi connectivity index (χ0v) is 10.9. The average Bonchev–Trinajstić information content (AvgIpc) is 2.38. The van der Waals surface area contributed by atoms with Gasteiger partial charge < -0.3 is 15.7 Å². The fourth-order valence-electron chi connectivity index (χ4n) is 1.94. The Balaban J connectivity index is 2.28. The van der Waals surface area contributed by atoms with Crippen molar-refractivity contribution in [2.45, 2.75) is 6.54 Å². The van der Waals surface area contributed by atoms with E-state index in [2.05, 4.69) is 4.98 Å². The van der Waals surface area contributed by atoms with Crippen LogP contribution in [-0.2, 0) is 6.54 Å². The van der Waals surface area contributed by atoms with E-state index in [0.29, 0.717) is 12.4 Å². The van der Waals surface area contributed by atoms with E-state index in [-0.39, 0.29) is 17.1 Å². The van der Waals surface area contributed by atoms with Crippen LogP contribution in [0.5, 0.6) is 0 Å². The van der Waals surface area contributed by atoms with Crippen molar-refractivity contribution in [3.05, 3.63) is 53.5 Å². The predicted molar refractivity (Wildman–Crippen MR) is 74.1 cm³/mol. The number of carboxylic acid groups (broad SMARTS) is 1. The molecule has 20 heavy (non-hydrogen) atoms. The number of aromatic carboxylic acids is 1. The van der Waals surface area contributed by atoms with E-state index in [1.54, 1.807) is 24.1 Å². The molecule has 1 aromatic carbocycles. The molecule has 6 heteroatoms. The van der Waals surface area contributed by atoms with Gasteiger partial charge in [0.2, 0.25) is 0 Å². The first-order valence-electron chi connectivity index (χ1n) is 5.92.